The summed E-state index contributed by atoms with van der Waals surface area (Å²) in [5.74, 6) is 0.414. The van der Waals surface area contributed by atoms with Gasteiger partial charge in [-0.3, -0.25) is 4.79 Å². The van der Waals surface area contributed by atoms with E-state index in [1.54, 1.807) is 18.2 Å². The molecule has 1 amide bonds. The Bertz CT molecular complexity index is 485. The minimum Gasteiger partial charge on any atom is -0.508 e. The van der Waals surface area contributed by atoms with Gasteiger partial charge in [0.1, 0.15) is 5.75 Å². The van der Waals surface area contributed by atoms with E-state index in [4.69, 9.17) is 4.74 Å². The van der Waals surface area contributed by atoms with E-state index in [1.807, 2.05) is 11.0 Å². The molecule has 0 spiro atoms. The molecule has 0 unspecified atom stereocenters. The number of carbonyl (C=O) groups excluding carboxylic acids is 1. The molecule has 0 saturated heterocycles. The number of phenolic OH excluding ortho intramolecular Hbond substituents is 1. The van der Waals surface area contributed by atoms with Crippen molar-refractivity contribution < 1.29 is 14.6 Å². The molecule has 0 atom stereocenters. The minimum absolute atomic E-state index is 0.154. The van der Waals surface area contributed by atoms with Crippen molar-refractivity contribution in [2.24, 2.45) is 0 Å². The number of phenols is 1. The lowest BCUT2D eigenvalue weighted by atomic mass is 9.99. The molecule has 1 aliphatic heterocycles. The van der Waals surface area contributed by atoms with E-state index in [1.165, 1.54) is 5.56 Å². The van der Waals surface area contributed by atoms with E-state index < -0.39 is 0 Å². The van der Waals surface area contributed by atoms with Gasteiger partial charge in [-0.25, -0.2) is 0 Å². The molecule has 1 aromatic carbocycles. The van der Waals surface area contributed by atoms with Crippen molar-refractivity contribution in [3.63, 3.8) is 0 Å². The van der Waals surface area contributed by atoms with Gasteiger partial charge < -0.3 is 14.7 Å². The molecule has 4 nitrogen and oxygen atoms in total. The smallest absolute Gasteiger partial charge is 0.222 e. The topological polar surface area (TPSA) is 49.8 Å². The van der Waals surface area contributed by atoms with E-state index in [2.05, 4.69) is 6.58 Å². The van der Waals surface area contributed by atoms with E-state index in [-0.39, 0.29) is 11.7 Å². The Hall–Kier alpha value is -1.81. The Kier molecular flexibility index (Phi) is 5.18. The molecular weight excluding hydrogens is 254 g/mol. The summed E-state index contributed by atoms with van der Waals surface area (Å²) >= 11 is 0. The molecule has 0 aliphatic carbocycles. The summed E-state index contributed by atoms with van der Waals surface area (Å²) in [5.41, 5.74) is 2.27. The number of benzene rings is 1. The van der Waals surface area contributed by atoms with Gasteiger partial charge in [-0.05, 0) is 36.1 Å². The number of carbonyl (C=O) groups is 1. The Morgan fingerprint density at radius 3 is 3.10 bits per heavy atom. The first-order valence-corrected chi connectivity index (χ1v) is 6.98. The van der Waals surface area contributed by atoms with Crippen LogP contribution in [0.5, 0.6) is 5.75 Å². The average Bonchev–Trinajstić information content (AvgIpc) is 2.46. The highest BCUT2D eigenvalue weighted by molar-refractivity contribution is 5.76. The van der Waals surface area contributed by atoms with E-state index in [9.17, 15) is 9.90 Å². The van der Waals surface area contributed by atoms with Crippen LogP contribution in [-0.2, 0) is 22.5 Å². The number of aromatic hydroxyl groups is 1. The number of nitrogens with zero attached hydrogens (tertiary/aromatic N) is 1. The molecule has 108 valence electrons. The van der Waals surface area contributed by atoms with Gasteiger partial charge in [0.15, 0.2) is 0 Å². The van der Waals surface area contributed by atoms with Gasteiger partial charge in [-0.15, -0.1) is 6.58 Å². The second-order valence-electron chi connectivity index (χ2n) is 4.99. The van der Waals surface area contributed by atoms with Crippen LogP contribution >= 0.6 is 0 Å². The molecule has 20 heavy (non-hydrogen) atoms. The lowest BCUT2D eigenvalue weighted by Crippen LogP contribution is -2.35. The van der Waals surface area contributed by atoms with Gasteiger partial charge in [-0.1, -0.05) is 12.1 Å². The third-order valence-corrected chi connectivity index (χ3v) is 3.47. The minimum atomic E-state index is 0.154. The van der Waals surface area contributed by atoms with Crippen molar-refractivity contribution in [1.82, 2.24) is 4.90 Å². The fraction of sp³-hybridized carbons (Fsp3) is 0.438. The monoisotopic (exact) mass is 275 g/mol. The Labute approximate surface area is 119 Å². The molecule has 4 heteroatoms. The predicted molar refractivity (Wildman–Crippen MR) is 77.5 cm³/mol. The number of hydrogen-bond acceptors (Lipinski definition) is 3. The van der Waals surface area contributed by atoms with Crippen LogP contribution in [-0.4, -0.2) is 35.7 Å². The zero-order chi connectivity index (χ0) is 14.4. The summed E-state index contributed by atoms with van der Waals surface area (Å²) in [6.07, 6.45) is 3.80. The second kappa shape index (κ2) is 7.10. The van der Waals surface area contributed by atoms with Gasteiger partial charge in [0.05, 0.1) is 6.61 Å². The summed E-state index contributed by atoms with van der Waals surface area (Å²) < 4.78 is 5.27. The maximum atomic E-state index is 12.1. The quantitative estimate of drug-likeness (QED) is 0.640. The molecule has 2 rings (SSSR count). The molecule has 0 saturated carbocycles. The summed E-state index contributed by atoms with van der Waals surface area (Å²) in [6, 6.07) is 5.39. The van der Waals surface area contributed by atoms with Crippen molar-refractivity contribution in [2.75, 3.05) is 19.8 Å². The first kappa shape index (κ1) is 14.6. The maximum Gasteiger partial charge on any atom is 0.222 e. The number of hydrogen-bond donors (Lipinski definition) is 1. The standard InChI is InChI=1S/C16H21NO3/c1-2-9-20-10-3-4-16(19)17-8-7-13-5-6-15(18)11-14(13)12-17/h2,5-6,11,18H,1,3-4,7-10,12H2. The molecule has 1 aliphatic rings. The summed E-state index contributed by atoms with van der Waals surface area (Å²) in [5, 5.41) is 9.51. The maximum absolute atomic E-state index is 12.1. The highest BCUT2D eigenvalue weighted by Crippen LogP contribution is 2.23. The van der Waals surface area contributed by atoms with Crippen molar-refractivity contribution in [1.29, 1.82) is 0 Å². The Morgan fingerprint density at radius 1 is 1.45 bits per heavy atom. The molecule has 1 aromatic rings. The second-order valence-corrected chi connectivity index (χ2v) is 4.99. The predicted octanol–water partition coefficient (Wildman–Crippen LogP) is 2.26. The summed E-state index contributed by atoms with van der Waals surface area (Å²) in [6.45, 7) is 6.04. The molecular formula is C16H21NO3. The molecule has 0 aromatic heterocycles. The largest absolute Gasteiger partial charge is 0.508 e. The SMILES string of the molecule is C=CCOCCCC(=O)N1CCc2ccc(O)cc2C1. The Morgan fingerprint density at radius 2 is 2.30 bits per heavy atom. The zero-order valence-electron chi connectivity index (χ0n) is 11.7. The van der Waals surface area contributed by atoms with Crippen LogP contribution in [0.15, 0.2) is 30.9 Å². The fourth-order valence-corrected chi connectivity index (χ4v) is 2.41. The van der Waals surface area contributed by atoms with Gasteiger partial charge in [0.25, 0.3) is 0 Å². The Balaban J connectivity index is 1.82. The number of rotatable bonds is 6. The normalized spacial score (nSPS) is 13.9. The van der Waals surface area contributed by atoms with Gasteiger partial charge in [0.2, 0.25) is 5.91 Å². The van der Waals surface area contributed by atoms with E-state index in [0.29, 0.717) is 26.2 Å². The molecule has 0 radical (unpaired) electrons. The van der Waals surface area contributed by atoms with E-state index in [0.717, 1.165) is 24.9 Å². The highest BCUT2D eigenvalue weighted by Gasteiger charge is 2.20. The van der Waals surface area contributed by atoms with Crippen molar-refractivity contribution in [3.05, 3.63) is 42.0 Å². The summed E-state index contributed by atoms with van der Waals surface area (Å²) in [7, 11) is 0. The van der Waals surface area contributed by atoms with Crippen LogP contribution in [0.2, 0.25) is 0 Å². The van der Waals surface area contributed by atoms with Crippen molar-refractivity contribution in [2.45, 2.75) is 25.8 Å². The summed E-state index contributed by atoms with van der Waals surface area (Å²) in [4.78, 5) is 14.0. The van der Waals surface area contributed by atoms with Crippen LogP contribution in [0.4, 0.5) is 0 Å². The number of fused-ring (bicyclic) bond motifs is 1. The fourth-order valence-electron chi connectivity index (χ4n) is 2.41. The number of ether oxygens (including phenoxy) is 1. The van der Waals surface area contributed by atoms with Crippen molar-refractivity contribution in [3.8, 4) is 5.75 Å². The first-order chi connectivity index (χ1) is 9.70. The highest BCUT2D eigenvalue weighted by atomic mass is 16.5. The molecule has 1 N–H and O–H groups in total. The lowest BCUT2D eigenvalue weighted by molar-refractivity contribution is -0.132. The zero-order valence-corrected chi connectivity index (χ0v) is 11.7. The number of amides is 1. The van der Waals surface area contributed by atoms with Crippen LogP contribution in [0.3, 0.4) is 0 Å². The van der Waals surface area contributed by atoms with Gasteiger partial charge in [-0.2, -0.15) is 0 Å². The molecule has 0 bridgehead atoms. The third kappa shape index (κ3) is 3.84. The molecule has 0 fully saturated rings. The van der Waals surface area contributed by atoms with Gasteiger partial charge in [0, 0.05) is 26.1 Å². The van der Waals surface area contributed by atoms with Gasteiger partial charge >= 0.3 is 0 Å². The van der Waals surface area contributed by atoms with Crippen LogP contribution < -0.4 is 0 Å². The lowest BCUT2D eigenvalue weighted by Gasteiger charge is -2.29. The van der Waals surface area contributed by atoms with Crippen LogP contribution in [0.1, 0.15) is 24.0 Å². The van der Waals surface area contributed by atoms with Crippen LogP contribution in [0.25, 0.3) is 0 Å². The van der Waals surface area contributed by atoms with Crippen molar-refractivity contribution >= 4 is 5.91 Å². The third-order valence-electron chi connectivity index (χ3n) is 3.47. The molecule has 1 heterocycles. The van der Waals surface area contributed by atoms with Crippen LogP contribution in [0, 0.1) is 0 Å². The average molecular weight is 275 g/mol. The first-order valence-electron chi connectivity index (χ1n) is 6.98. The van der Waals surface area contributed by atoms with E-state index >= 15 is 0 Å².